The average molecular weight is 512 g/mol. The molecule has 2 aromatic heterocycles. The zero-order valence-corrected chi connectivity index (χ0v) is 20.0. The highest BCUT2D eigenvalue weighted by Gasteiger charge is 2.27. The second-order valence-corrected chi connectivity index (χ2v) is 8.84. The van der Waals surface area contributed by atoms with E-state index >= 15 is 0 Å². The van der Waals surface area contributed by atoms with Gasteiger partial charge in [-0.15, -0.1) is 0 Å². The van der Waals surface area contributed by atoms with E-state index in [1.807, 2.05) is 35.0 Å². The lowest BCUT2D eigenvalue weighted by molar-refractivity contribution is -0.139. The lowest BCUT2D eigenvalue weighted by atomic mass is 9.98. The summed E-state index contributed by atoms with van der Waals surface area (Å²) in [6.07, 6.45) is 4.57. The van der Waals surface area contributed by atoms with Gasteiger partial charge in [-0.1, -0.05) is 19.1 Å². The summed E-state index contributed by atoms with van der Waals surface area (Å²) in [5.74, 6) is -1.89. The van der Waals surface area contributed by atoms with E-state index < -0.39 is 25.0 Å². The number of aliphatic carboxylic acids is 1. The molecule has 5 rings (SSSR count). The number of carboxylic acid groups (broad SMARTS) is 1. The highest BCUT2D eigenvalue weighted by Crippen LogP contribution is 2.42. The lowest BCUT2D eigenvalue weighted by Gasteiger charge is -2.19. The van der Waals surface area contributed by atoms with Crippen LogP contribution in [0.1, 0.15) is 48.2 Å². The highest BCUT2D eigenvalue weighted by molar-refractivity contribution is 5.93. The van der Waals surface area contributed by atoms with Crippen LogP contribution >= 0.6 is 0 Å². The van der Waals surface area contributed by atoms with Gasteiger partial charge < -0.3 is 14.6 Å². The molecule has 192 valence electrons. The highest BCUT2D eigenvalue weighted by atomic mass is 19.3. The summed E-state index contributed by atoms with van der Waals surface area (Å²) in [5.41, 5.74) is 3.36. The quantitative estimate of drug-likeness (QED) is 0.296. The molecule has 1 saturated carbocycles. The van der Waals surface area contributed by atoms with Crippen molar-refractivity contribution in [1.82, 2.24) is 14.8 Å². The van der Waals surface area contributed by atoms with Crippen molar-refractivity contribution in [1.29, 1.82) is 0 Å². The van der Waals surface area contributed by atoms with E-state index in [-0.39, 0.29) is 28.8 Å². The monoisotopic (exact) mass is 511 g/mol. The van der Waals surface area contributed by atoms with E-state index in [2.05, 4.69) is 10.1 Å². The molecule has 2 aromatic carbocycles. The molecule has 0 atom stereocenters. The number of aromatic nitrogens is 3. The van der Waals surface area contributed by atoms with Crippen molar-refractivity contribution >= 4 is 16.9 Å². The Morgan fingerprint density at radius 2 is 1.92 bits per heavy atom. The molecule has 0 saturated heterocycles. The van der Waals surface area contributed by atoms with Crippen LogP contribution in [0.5, 0.6) is 11.5 Å². The summed E-state index contributed by atoms with van der Waals surface area (Å²) >= 11 is 0. The maximum absolute atomic E-state index is 14.7. The number of nitrogens with zero attached hydrogens (tertiary/aromatic N) is 3. The maximum Gasteiger partial charge on any atom is 0.387 e. The number of benzene rings is 2. The van der Waals surface area contributed by atoms with Crippen molar-refractivity contribution in [3.63, 3.8) is 0 Å². The third kappa shape index (κ3) is 5.09. The molecule has 0 amide bonds. The topological polar surface area (TPSA) is 86.5 Å². The molecule has 4 aromatic rings. The third-order valence-electron chi connectivity index (χ3n) is 6.31. The van der Waals surface area contributed by atoms with E-state index in [1.165, 1.54) is 6.07 Å². The number of pyridine rings is 1. The molecule has 7 nitrogen and oxygen atoms in total. The molecule has 0 radical (unpaired) electrons. The van der Waals surface area contributed by atoms with Crippen LogP contribution in [0, 0.1) is 5.82 Å². The second kappa shape index (κ2) is 10.1. The minimum Gasteiger partial charge on any atom is -0.481 e. The number of hydrogen-bond acceptors (Lipinski definition) is 5. The first kappa shape index (κ1) is 24.6. The predicted octanol–water partition coefficient (Wildman–Crippen LogP) is 5.66. The lowest BCUT2D eigenvalue weighted by Crippen LogP contribution is -2.13. The number of carboxylic acids is 1. The van der Waals surface area contributed by atoms with Crippen LogP contribution in [0.15, 0.2) is 48.7 Å². The van der Waals surface area contributed by atoms with E-state index in [9.17, 15) is 18.0 Å². The first-order chi connectivity index (χ1) is 17.9. The fraction of sp³-hybridized carbons (Fsp3) is 0.296. The number of fused-ring (bicyclic) bond motifs is 1. The third-order valence-corrected chi connectivity index (χ3v) is 6.31. The van der Waals surface area contributed by atoms with Crippen LogP contribution in [-0.4, -0.2) is 39.1 Å². The number of rotatable bonds is 10. The van der Waals surface area contributed by atoms with Crippen LogP contribution in [0.4, 0.5) is 13.2 Å². The molecular weight excluding hydrogens is 487 g/mol. The van der Waals surface area contributed by atoms with Crippen molar-refractivity contribution in [2.45, 2.75) is 45.1 Å². The Morgan fingerprint density at radius 3 is 2.57 bits per heavy atom. The Labute approximate surface area is 210 Å². The van der Waals surface area contributed by atoms with Gasteiger partial charge >= 0.3 is 12.6 Å². The Hall–Kier alpha value is -4.08. The number of halogens is 3. The fourth-order valence-electron chi connectivity index (χ4n) is 4.49. The Balaban J connectivity index is 1.58. The molecule has 1 N–H and O–H groups in total. The molecule has 1 aliphatic carbocycles. The smallest absolute Gasteiger partial charge is 0.387 e. The number of hydrogen-bond donors (Lipinski definition) is 1. The van der Waals surface area contributed by atoms with Gasteiger partial charge in [0.1, 0.15) is 22.8 Å². The zero-order chi connectivity index (χ0) is 26.1. The standard InChI is InChI=1S/C27H24F3N3O4/c1-2-20-18(13-15-3-7-17(8-4-15)33-21(11-12-31-33)16-5-6-16)26(37-27(29)30)24-22(36-14-23(34)35)10-9-19(28)25(24)32-20/h3-4,7-12,16,27H,2,5-6,13-14H2,1H3,(H,34,35). The summed E-state index contributed by atoms with van der Waals surface area (Å²) in [6, 6.07) is 11.8. The molecule has 1 fully saturated rings. The molecule has 37 heavy (non-hydrogen) atoms. The molecule has 0 spiro atoms. The SMILES string of the molecule is CCc1nc2c(F)ccc(OCC(=O)O)c2c(OC(F)F)c1Cc1ccc(-n2nccc2C2CC2)cc1. The van der Waals surface area contributed by atoms with Gasteiger partial charge in [-0.25, -0.2) is 18.9 Å². The largest absolute Gasteiger partial charge is 0.481 e. The van der Waals surface area contributed by atoms with Gasteiger partial charge in [0.15, 0.2) is 6.61 Å². The van der Waals surface area contributed by atoms with Gasteiger partial charge in [0.25, 0.3) is 0 Å². The van der Waals surface area contributed by atoms with Gasteiger partial charge in [0, 0.05) is 35.5 Å². The summed E-state index contributed by atoms with van der Waals surface area (Å²) in [5, 5.41) is 13.3. The molecule has 0 bridgehead atoms. The number of aryl methyl sites for hydroxylation is 1. The Bertz CT molecular complexity index is 1450. The van der Waals surface area contributed by atoms with Crippen molar-refractivity contribution in [2.75, 3.05) is 6.61 Å². The predicted molar refractivity (Wildman–Crippen MR) is 129 cm³/mol. The molecular formula is C27H24F3N3O4. The molecule has 2 heterocycles. The van der Waals surface area contributed by atoms with Gasteiger partial charge in [0.05, 0.1) is 11.1 Å². The molecule has 0 unspecified atom stereocenters. The number of alkyl halides is 2. The Morgan fingerprint density at radius 1 is 1.16 bits per heavy atom. The zero-order valence-electron chi connectivity index (χ0n) is 20.0. The normalized spacial score (nSPS) is 13.3. The van der Waals surface area contributed by atoms with Gasteiger partial charge in [-0.3, -0.25) is 0 Å². The van der Waals surface area contributed by atoms with Crippen LogP contribution in [0.3, 0.4) is 0 Å². The summed E-state index contributed by atoms with van der Waals surface area (Å²) in [7, 11) is 0. The van der Waals surface area contributed by atoms with E-state index in [1.54, 1.807) is 13.1 Å². The minimum atomic E-state index is -3.20. The van der Waals surface area contributed by atoms with E-state index in [4.69, 9.17) is 14.6 Å². The summed E-state index contributed by atoms with van der Waals surface area (Å²) < 4.78 is 54.0. The first-order valence-corrected chi connectivity index (χ1v) is 11.9. The average Bonchev–Trinajstić information content (AvgIpc) is 3.61. The van der Waals surface area contributed by atoms with Gasteiger partial charge in [0.2, 0.25) is 0 Å². The van der Waals surface area contributed by atoms with Gasteiger partial charge in [-0.05, 0) is 55.2 Å². The second-order valence-electron chi connectivity index (χ2n) is 8.84. The fourth-order valence-corrected chi connectivity index (χ4v) is 4.49. The summed E-state index contributed by atoms with van der Waals surface area (Å²) in [6.45, 7) is -2.16. The van der Waals surface area contributed by atoms with Crippen molar-refractivity contribution in [3.8, 4) is 17.2 Å². The number of ether oxygens (including phenoxy) is 2. The van der Waals surface area contributed by atoms with Crippen LogP contribution in [0.2, 0.25) is 0 Å². The van der Waals surface area contributed by atoms with E-state index in [0.717, 1.165) is 35.9 Å². The molecule has 1 aliphatic rings. The molecule has 10 heteroatoms. The number of carbonyl (C=O) groups is 1. The molecule has 0 aliphatic heterocycles. The van der Waals surface area contributed by atoms with Crippen LogP contribution < -0.4 is 9.47 Å². The van der Waals surface area contributed by atoms with Crippen molar-refractivity contribution in [2.24, 2.45) is 0 Å². The minimum absolute atomic E-state index is 0.104. The Kier molecular flexibility index (Phi) is 6.73. The first-order valence-electron chi connectivity index (χ1n) is 11.9. The van der Waals surface area contributed by atoms with Crippen LogP contribution in [0.25, 0.3) is 16.6 Å². The van der Waals surface area contributed by atoms with E-state index in [0.29, 0.717) is 23.6 Å². The van der Waals surface area contributed by atoms with Crippen molar-refractivity contribution < 1.29 is 32.5 Å². The van der Waals surface area contributed by atoms with Crippen molar-refractivity contribution in [3.05, 3.63) is 77.0 Å². The maximum atomic E-state index is 14.7. The summed E-state index contributed by atoms with van der Waals surface area (Å²) in [4.78, 5) is 15.4. The van der Waals surface area contributed by atoms with Crippen LogP contribution in [-0.2, 0) is 17.6 Å². The van der Waals surface area contributed by atoms with Gasteiger partial charge in [-0.2, -0.15) is 13.9 Å².